The molecule has 3 rings (SSSR count). The molecule has 1 aliphatic heterocycles. The lowest BCUT2D eigenvalue weighted by atomic mass is 10.2. The van der Waals surface area contributed by atoms with Crippen LogP contribution in [0.1, 0.15) is 23.4 Å². The maximum atomic E-state index is 12.0. The third kappa shape index (κ3) is 4.41. The van der Waals surface area contributed by atoms with Crippen molar-refractivity contribution in [2.75, 3.05) is 29.9 Å². The lowest BCUT2D eigenvalue weighted by molar-refractivity contribution is -0.116. The van der Waals surface area contributed by atoms with Crippen molar-refractivity contribution < 1.29 is 18.8 Å². The zero-order valence-corrected chi connectivity index (χ0v) is 14.2. The van der Waals surface area contributed by atoms with Crippen molar-refractivity contribution in [1.29, 1.82) is 0 Å². The summed E-state index contributed by atoms with van der Waals surface area (Å²) >= 11 is 0. The molecule has 26 heavy (non-hydrogen) atoms. The third-order valence-corrected chi connectivity index (χ3v) is 3.93. The van der Waals surface area contributed by atoms with Gasteiger partial charge in [-0.1, -0.05) is 0 Å². The minimum absolute atomic E-state index is 0.113. The fourth-order valence-electron chi connectivity index (χ4n) is 2.61. The van der Waals surface area contributed by atoms with E-state index in [2.05, 4.69) is 16.0 Å². The van der Waals surface area contributed by atoms with Crippen LogP contribution in [0, 0.1) is 0 Å². The van der Waals surface area contributed by atoms with Gasteiger partial charge in [0.15, 0.2) is 5.76 Å². The molecule has 1 aromatic heterocycles. The van der Waals surface area contributed by atoms with Crippen LogP contribution in [-0.2, 0) is 4.79 Å². The number of carbonyl (C=O) groups is 3. The number of benzene rings is 1. The molecule has 0 atom stereocenters. The maximum absolute atomic E-state index is 12.0. The third-order valence-electron chi connectivity index (χ3n) is 3.93. The fourth-order valence-corrected chi connectivity index (χ4v) is 2.61. The van der Waals surface area contributed by atoms with Crippen molar-refractivity contribution in [3.63, 3.8) is 0 Å². The molecule has 2 aromatic rings. The van der Waals surface area contributed by atoms with Crippen LogP contribution in [0.5, 0.6) is 0 Å². The number of amides is 4. The molecule has 0 spiro atoms. The fraction of sp³-hybridized carbons (Fsp3) is 0.278. The van der Waals surface area contributed by atoms with E-state index in [4.69, 9.17) is 4.42 Å². The van der Waals surface area contributed by atoms with Gasteiger partial charge < -0.3 is 20.4 Å². The first-order valence-electron chi connectivity index (χ1n) is 8.40. The van der Waals surface area contributed by atoms with Gasteiger partial charge in [-0.15, -0.1) is 0 Å². The number of furan rings is 1. The summed E-state index contributed by atoms with van der Waals surface area (Å²) in [7, 11) is 0. The molecule has 136 valence electrons. The Bertz CT molecular complexity index is 771. The highest BCUT2D eigenvalue weighted by Crippen LogP contribution is 2.19. The second-order valence-corrected chi connectivity index (χ2v) is 5.82. The van der Waals surface area contributed by atoms with E-state index in [-0.39, 0.29) is 30.0 Å². The molecule has 8 nitrogen and oxygen atoms in total. The average Bonchev–Trinajstić information content (AvgIpc) is 3.31. The first kappa shape index (κ1) is 17.5. The summed E-state index contributed by atoms with van der Waals surface area (Å²) in [5.41, 5.74) is 1.46. The molecule has 0 radical (unpaired) electrons. The van der Waals surface area contributed by atoms with E-state index in [0.717, 1.165) is 5.69 Å². The molecule has 0 bridgehead atoms. The second-order valence-electron chi connectivity index (χ2n) is 5.82. The summed E-state index contributed by atoms with van der Waals surface area (Å²) < 4.78 is 4.99. The van der Waals surface area contributed by atoms with Crippen LogP contribution in [0.25, 0.3) is 0 Å². The van der Waals surface area contributed by atoms with Gasteiger partial charge in [-0.3, -0.25) is 14.5 Å². The average molecular weight is 356 g/mol. The molecular weight excluding hydrogens is 336 g/mol. The lowest BCUT2D eigenvalue weighted by Crippen LogP contribution is -2.27. The minimum Gasteiger partial charge on any atom is -0.459 e. The van der Waals surface area contributed by atoms with Crippen LogP contribution >= 0.6 is 0 Å². The largest absolute Gasteiger partial charge is 0.459 e. The quantitative estimate of drug-likeness (QED) is 0.660. The van der Waals surface area contributed by atoms with E-state index in [1.54, 1.807) is 41.3 Å². The highest BCUT2D eigenvalue weighted by molar-refractivity contribution is 5.95. The maximum Gasteiger partial charge on any atom is 0.321 e. The van der Waals surface area contributed by atoms with Gasteiger partial charge >= 0.3 is 6.03 Å². The molecular formula is C18H20N4O4. The molecule has 3 N–H and O–H groups in total. The number of rotatable bonds is 7. The van der Waals surface area contributed by atoms with Gasteiger partial charge in [0.05, 0.1) is 6.26 Å². The van der Waals surface area contributed by atoms with Gasteiger partial charge in [-0.25, -0.2) is 4.79 Å². The molecule has 1 saturated heterocycles. The Morgan fingerprint density at radius 3 is 2.65 bits per heavy atom. The van der Waals surface area contributed by atoms with E-state index in [1.807, 2.05) is 0 Å². The van der Waals surface area contributed by atoms with Gasteiger partial charge in [-0.2, -0.15) is 0 Å². The molecule has 0 saturated carbocycles. The zero-order chi connectivity index (χ0) is 18.4. The highest BCUT2D eigenvalue weighted by Gasteiger charge is 2.20. The molecule has 0 unspecified atom stereocenters. The number of nitrogens with one attached hydrogen (secondary N) is 3. The summed E-state index contributed by atoms with van der Waals surface area (Å²) in [4.78, 5) is 36.9. The summed E-state index contributed by atoms with van der Waals surface area (Å²) in [6, 6.07) is 10.2. The van der Waals surface area contributed by atoms with Crippen LogP contribution in [0.4, 0.5) is 16.2 Å². The van der Waals surface area contributed by atoms with E-state index < -0.39 is 0 Å². The Morgan fingerprint density at radius 1 is 1.19 bits per heavy atom. The van der Waals surface area contributed by atoms with E-state index in [9.17, 15) is 14.4 Å². The normalized spacial score (nSPS) is 13.4. The van der Waals surface area contributed by atoms with Crippen LogP contribution in [-0.4, -0.2) is 37.5 Å². The summed E-state index contributed by atoms with van der Waals surface area (Å²) in [5, 5.41) is 8.23. The summed E-state index contributed by atoms with van der Waals surface area (Å²) in [6.45, 7) is 1.65. The topological polar surface area (TPSA) is 104 Å². The van der Waals surface area contributed by atoms with E-state index >= 15 is 0 Å². The summed E-state index contributed by atoms with van der Waals surface area (Å²) in [6.07, 6.45) is 2.24. The van der Waals surface area contributed by atoms with Gasteiger partial charge in [0, 0.05) is 37.4 Å². The Hall–Kier alpha value is -3.29. The van der Waals surface area contributed by atoms with Crippen molar-refractivity contribution in [3.05, 3.63) is 48.4 Å². The number of nitrogens with zero attached hydrogens (tertiary/aromatic N) is 1. The Kier molecular flexibility index (Phi) is 5.52. The van der Waals surface area contributed by atoms with Crippen molar-refractivity contribution in [2.45, 2.75) is 12.8 Å². The number of hydrogen-bond donors (Lipinski definition) is 3. The van der Waals surface area contributed by atoms with E-state index in [1.165, 1.54) is 6.26 Å². The Labute approximate surface area is 150 Å². The molecule has 2 heterocycles. The van der Waals surface area contributed by atoms with Gasteiger partial charge in [-0.05, 0) is 42.8 Å². The monoisotopic (exact) mass is 356 g/mol. The van der Waals surface area contributed by atoms with Crippen LogP contribution in [0.15, 0.2) is 47.1 Å². The van der Waals surface area contributed by atoms with E-state index in [0.29, 0.717) is 31.7 Å². The van der Waals surface area contributed by atoms with Gasteiger partial charge in [0.25, 0.3) is 5.91 Å². The minimum atomic E-state index is -0.294. The molecule has 8 heteroatoms. The van der Waals surface area contributed by atoms with Crippen molar-refractivity contribution >= 4 is 29.2 Å². The van der Waals surface area contributed by atoms with Crippen LogP contribution in [0.3, 0.4) is 0 Å². The van der Waals surface area contributed by atoms with Crippen molar-refractivity contribution in [2.24, 2.45) is 0 Å². The lowest BCUT2D eigenvalue weighted by Gasteiger charge is -2.14. The van der Waals surface area contributed by atoms with Crippen LogP contribution < -0.4 is 20.9 Å². The molecule has 4 amide bonds. The van der Waals surface area contributed by atoms with Gasteiger partial charge in [0.2, 0.25) is 5.91 Å². The first-order chi connectivity index (χ1) is 12.6. The highest BCUT2D eigenvalue weighted by atomic mass is 16.3. The van der Waals surface area contributed by atoms with Gasteiger partial charge in [0.1, 0.15) is 0 Å². The molecule has 1 aromatic carbocycles. The van der Waals surface area contributed by atoms with Crippen LogP contribution in [0.2, 0.25) is 0 Å². The van der Waals surface area contributed by atoms with Crippen molar-refractivity contribution in [3.8, 4) is 0 Å². The molecule has 0 aliphatic carbocycles. The number of urea groups is 1. The predicted octanol–water partition coefficient (Wildman–Crippen LogP) is 1.96. The van der Waals surface area contributed by atoms with Crippen molar-refractivity contribution in [1.82, 2.24) is 10.6 Å². The predicted molar refractivity (Wildman–Crippen MR) is 96.1 cm³/mol. The number of anilines is 2. The molecule has 1 fully saturated rings. The SMILES string of the molecule is O=C(CCCNC(=O)c1ccco1)Nc1ccc(N2CCNC2=O)cc1. The zero-order valence-electron chi connectivity index (χ0n) is 14.2. The second kappa shape index (κ2) is 8.19. The number of hydrogen-bond acceptors (Lipinski definition) is 4. The number of carbonyl (C=O) groups excluding carboxylic acids is 3. The standard InChI is InChI=1S/C18H20N4O4/c23-16(4-1-9-19-17(24)15-3-2-12-26-15)21-13-5-7-14(8-6-13)22-11-10-20-18(22)25/h2-3,5-8,12H,1,4,9-11H2,(H,19,24)(H,20,25)(H,21,23). The first-order valence-corrected chi connectivity index (χ1v) is 8.40. The Balaban J connectivity index is 1.39. The Morgan fingerprint density at radius 2 is 2.00 bits per heavy atom. The summed E-state index contributed by atoms with van der Waals surface area (Å²) in [5.74, 6) is -0.179. The molecule has 1 aliphatic rings. The smallest absolute Gasteiger partial charge is 0.321 e.